The van der Waals surface area contributed by atoms with Gasteiger partial charge in [0.05, 0.1) is 20.8 Å². The quantitative estimate of drug-likeness (QED) is 0.771. The first-order chi connectivity index (χ1) is 11.2. The number of rotatable bonds is 7. The van der Waals surface area contributed by atoms with E-state index in [1.165, 1.54) is 0 Å². The van der Waals surface area contributed by atoms with Crippen molar-refractivity contribution in [3.8, 4) is 11.5 Å². The van der Waals surface area contributed by atoms with Gasteiger partial charge in [-0.3, -0.25) is 4.84 Å². The van der Waals surface area contributed by atoms with Gasteiger partial charge < -0.3 is 14.8 Å². The molecular formula is C17H20N2O4. The summed E-state index contributed by atoms with van der Waals surface area (Å²) in [6, 6.07) is 14.6. The molecule has 2 aromatic carbocycles. The Hall–Kier alpha value is -2.73. The number of carbonyl (C=O) groups is 1. The highest BCUT2D eigenvalue weighted by atomic mass is 16.7. The first kappa shape index (κ1) is 16.6. The minimum atomic E-state index is -0.414. The summed E-state index contributed by atoms with van der Waals surface area (Å²) < 4.78 is 10.4. The standard InChI is InChI=1S/C17H20N2O4/c1-21-15-8-14(9-16(10-15)22-2)11-18-17(20)19-23-12-13-6-4-3-5-7-13/h3-10H,11-12H2,1-2H3,(H2,18,19,20). The summed E-state index contributed by atoms with van der Waals surface area (Å²) in [6.45, 7) is 0.634. The number of hydrogen-bond donors (Lipinski definition) is 2. The monoisotopic (exact) mass is 316 g/mol. The fraction of sp³-hybridized carbons (Fsp3) is 0.235. The summed E-state index contributed by atoms with van der Waals surface area (Å²) in [5.41, 5.74) is 4.18. The van der Waals surface area contributed by atoms with Gasteiger partial charge in [-0.1, -0.05) is 30.3 Å². The molecule has 0 aromatic heterocycles. The summed E-state index contributed by atoms with van der Waals surface area (Å²) in [6.07, 6.45) is 0. The zero-order valence-corrected chi connectivity index (χ0v) is 13.2. The first-order valence-electron chi connectivity index (χ1n) is 7.13. The van der Waals surface area contributed by atoms with Crippen LogP contribution in [0.15, 0.2) is 48.5 Å². The van der Waals surface area contributed by atoms with Crippen LogP contribution >= 0.6 is 0 Å². The Labute approximate surface area is 135 Å². The van der Waals surface area contributed by atoms with Crippen molar-refractivity contribution in [1.82, 2.24) is 10.8 Å². The van der Waals surface area contributed by atoms with Gasteiger partial charge in [0.25, 0.3) is 0 Å². The fourth-order valence-electron chi connectivity index (χ4n) is 1.95. The normalized spacial score (nSPS) is 10.0. The molecular weight excluding hydrogens is 296 g/mol. The van der Waals surface area contributed by atoms with Crippen LogP contribution in [0.3, 0.4) is 0 Å². The zero-order valence-electron chi connectivity index (χ0n) is 13.2. The topological polar surface area (TPSA) is 68.8 Å². The van der Waals surface area contributed by atoms with E-state index in [4.69, 9.17) is 14.3 Å². The molecule has 6 nitrogen and oxygen atoms in total. The molecule has 122 valence electrons. The SMILES string of the molecule is COc1cc(CNC(=O)NOCc2ccccc2)cc(OC)c1. The lowest BCUT2D eigenvalue weighted by Crippen LogP contribution is -2.34. The Morgan fingerprint density at radius 2 is 1.61 bits per heavy atom. The second-order valence-electron chi connectivity index (χ2n) is 4.78. The lowest BCUT2D eigenvalue weighted by Gasteiger charge is -2.10. The van der Waals surface area contributed by atoms with E-state index in [-0.39, 0.29) is 0 Å². The van der Waals surface area contributed by atoms with Gasteiger partial charge in [-0.2, -0.15) is 0 Å². The predicted octanol–water partition coefficient (Wildman–Crippen LogP) is 2.63. The molecule has 23 heavy (non-hydrogen) atoms. The van der Waals surface area contributed by atoms with Crippen molar-refractivity contribution in [2.75, 3.05) is 14.2 Å². The average Bonchev–Trinajstić information content (AvgIpc) is 2.60. The van der Waals surface area contributed by atoms with Crippen molar-refractivity contribution in [2.24, 2.45) is 0 Å². The van der Waals surface area contributed by atoms with Gasteiger partial charge in [-0.25, -0.2) is 10.3 Å². The summed E-state index contributed by atoms with van der Waals surface area (Å²) in [4.78, 5) is 16.9. The minimum absolute atomic E-state index is 0.307. The number of hydrogen-bond acceptors (Lipinski definition) is 4. The first-order valence-corrected chi connectivity index (χ1v) is 7.13. The van der Waals surface area contributed by atoms with E-state index in [0.29, 0.717) is 24.7 Å². The molecule has 2 rings (SSSR count). The van der Waals surface area contributed by atoms with Gasteiger partial charge in [0, 0.05) is 12.6 Å². The van der Waals surface area contributed by atoms with Gasteiger partial charge >= 0.3 is 6.03 Å². The Bertz CT molecular complexity index is 609. The highest BCUT2D eigenvalue weighted by molar-refractivity contribution is 5.72. The van der Waals surface area contributed by atoms with Crippen LogP contribution in [-0.2, 0) is 18.0 Å². The molecule has 0 saturated heterocycles. The predicted molar refractivity (Wildman–Crippen MR) is 86.1 cm³/mol. The second-order valence-corrected chi connectivity index (χ2v) is 4.78. The molecule has 0 unspecified atom stereocenters. The van der Waals surface area contributed by atoms with Crippen LogP contribution in [0.4, 0.5) is 4.79 Å². The number of ether oxygens (including phenoxy) is 2. The second kappa shape index (κ2) is 8.65. The molecule has 0 aliphatic heterocycles. The van der Waals surface area contributed by atoms with Gasteiger partial charge in [0.2, 0.25) is 0 Å². The van der Waals surface area contributed by atoms with Crippen molar-refractivity contribution < 1.29 is 19.1 Å². The van der Waals surface area contributed by atoms with Crippen molar-refractivity contribution in [1.29, 1.82) is 0 Å². The molecule has 2 aromatic rings. The Morgan fingerprint density at radius 1 is 0.957 bits per heavy atom. The molecule has 0 fully saturated rings. The lowest BCUT2D eigenvalue weighted by molar-refractivity contribution is 0.0489. The largest absolute Gasteiger partial charge is 0.497 e. The van der Waals surface area contributed by atoms with E-state index in [2.05, 4.69) is 10.8 Å². The van der Waals surface area contributed by atoms with Crippen LogP contribution in [0.25, 0.3) is 0 Å². The van der Waals surface area contributed by atoms with Crippen molar-refractivity contribution >= 4 is 6.03 Å². The number of amides is 2. The third-order valence-corrected chi connectivity index (χ3v) is 3.11. The third kappa shape index (κ3) is 5.52. The van der Waals surface area contributed by atoms with Gasteiger partial charge in [-0.05, 0) is 23.3 Å². The van der Waals surface area contributed by atoms with Gasteiger partial charge in [-0.15, -0.1) is 0 Å². The van der Waals surface area contributed by atoms with Crippen molar-refractivity contribution in [3.05, 3.63) is 59.7 Å². The highest BCUT2D eigenvalue weighted by Crippen LogP contribution is 2.22. The number of benzene rings is 2. The van der Waals surface area contributed by atoms with E-state index in [1.807, 2.05) is 42.5 Å². The molecule has 2 amide bonds. The number of methoxy groups -OCH3 is 2. The minimum Gasteiger partial charge on any atom is -0.497 e. The average molecular weight is 316 g/mol. The molecule has 0 radical (unpaired) electrons. The molecule has 6 heteroatoms. The Morgan fingerprint density at radius 3 is 2.22 bits per heavy atom. The maximum atomic E-state index is 11.7. The molecule has 2 N–H and O–H groups in total. The van der Waals surface area contributed by atoms with E-state index in [0.717, 1.165) is 11.1 Å². The summed E-state index contributed by atoms with van der Waals surface area (Å²) in [5, 5.41) is 2.70. The van der Waals surface area contributed by atoms with E-state index in [1.54, 1.807) is 20.3 Å². The molecule has 0 aliphatic rings. The molecule has 0 bridgehead atoms. The summed E-state index contributed by atoms with van der Waals surface area (Å²) in [5.74, 6) is 1.34. The van der Waals surface area contributed by atoms with Crippen LogP contribution in [-0.4, -0.2) is 20.3 Å². The molecule has 0 heterocycles. The smallest absolute Gasteiger partial charge is 0.338 e. The maximum Gasteiger partial charge on any atom is 0.338 e. The Kier molecular flexibility index (Phi) is 6.26. The van der Waals surface area contributed by atoms with Crippen molar-refractivity contribution in [2.45, 2.75) is 13.2 Å². The zero-order chi connectivity index (χ0) is 16.5. The molecule has 0 spiro atoms. The highest BCUT2D eigenvalue weighted by Gasteiger charge is 2.04. The van der Waals surface area contributed by atoms with Crippen LogP contribution < -0.4 is 20.3 Å². The maximum absolute atomic E-state index is 11.7. The molecule has 0 aliphatic carbocycles. The number of hydroxylamine groups is 1. The van der Waals surface area contributed by atoms with Gasteiger partial charge in [0.1, 0.15) is 11.5 Å². The van der Waals surface area contributed by atoms with E-state index in [9.17, 15) is 4.79 Å². The molecule has 0 saturated carbocycles. The fourth-order valence-corrected chi connectivity index (χ4v) is 1.95. The summed E-state index contributed by atoms with van der Waals surface area (Å²) >= 11 is 0. The lowest BCUT2D eigenvalue weighted by atomic mass is 10.2. The van der Waals surface area contributed by atoms with Crippen LogP contribution in [0.2, 0.25) is 0 Å². The van der Waals surface area contributed by atoms with Crippen LogP contribution in [0.5, 0.6) is 11.5 Å². The van der Waals surface area contributed by atoms with Crippen LogP contribution in [0.1, 0.15) is 11.1 Å². The Balaban J connectivity index is 1.78. The van der Waals surface area contributed by atoms with E-state index >= 15 is 0 Å². The number of carbonyl (C=O) groups excluding carboxylic acids is 1. The molecule has 0 atom stereocenters. The van der Waals surface area contributed by atoms with E-state index < -0.39 is 6.03 Å². The summed E-state index contributed by atoms with van der Waals surface area (Å²) in [7, 11) is 3.16. The third-order valence-electron chi connectivity index (χ3n) is 3.11. The number of nitrogens with one attached hydrogen (secondary N) is 2. The van der Waals surface area contributed by atoms with Crippen LogP contribution in [0, 0.1) is 0 Å². The van der Waals surface area contributed by atoms with Gasteiger partial charge in [0.15, 0.2) is 0 Å². The van der Waals surface area contributed by atoms with Crippen molar-refractivity contribution in [3.63, 3.8) is 0 Å². The number of urea groups is 1.